The second-order valence-corrected chi connectivity index (χ2v) is 13.0. The van der Waals surface area contributed by atoms with Crippen molar-refractivity contribution in [3.8, 4) is 11.1 Å². The molecule has 4 atom stereocenters. The van der Waals surface area contributed by atoms with Crippen LogP contribution >= 0.6 is 0 Å². The van der Waals surface area contributed by atoms with E-state index in [0.29, 0.717) is 25.6 Å². The topological polar surface area (TPSA) is 109 Å². The van der Waals surface area contributed by atoms with Crippen LogP contribution in [-0.2, 0) is 37.0 Å². The minimum absolute atomic E-state index is 0.0124. The van der Waals surface area contributed by atoms with E-state index >= 15 is 0 Å². The molecule has 0 radical (unpaired) electrons. The third-order valence-corrected chi connectivity index (χ3v) is 9.27. The first-order valence-electron chi connectivity index (χ1n) is 17.4. The van der Waals surface area contributed by atoms with Crippen molar-refractivity contribution >= 4 is 11.8 Å². The average Bonchev–Trinajstić information content (AvgIpc) is 3.55. The summed E-state index contributed by atoms with van der Waals surface area (Å²) >= 11 is 0. The van der Waals surface area contributed by atoms with E-state index in [1.165, 1.54) is 13.3 Å². The zero-order valence-corrected chi connectivity index (χ0v) is 28.4. The largest absolute Gasteiger partial charge is 0.392 e. The van der Waals surface area contributed by atoms with Crippen molar-refractivity contribution in [2.45, 2.75) is 89.6 Å². The summed E-state index contributed by atoms with van der Waals surface area (Å²) in [5.74, 6) is 0.0110. The fraction of sp³-hybridized carbons (Fsp3) is 0.487. The van der Waals surface area contributed by atoms with Crippen molar-refractivity contribution in [1.29, 1.82) is 0 Å². The number of hydrogen-bond donors (Lipinski definition) is 3. The SMILES string of the molecule is COC[C@@H]1CCCN1C[C@@H]1C[C@H](c2ccc(CO)cc2)O[C@H](c2cccc(-c3cccc(CNC(=O)CCCCCNC(C)=O)c3)c2)O1. The van der Waals surface area contributed by atoms with Crippen LogP contribution in [0.15, 0.2) is 72.8 Å². The number of carbonyl (C=O) groups excluding carboxylic acids is 2. The Labute approximate surface area is 285 Å². The molecule has 2 saturated heterocycles. The van der Waals surface area contributed by atoms with Crippen LogP contribution in [0.3, 0.4) is 0 Å². The van der Waals surface area contributed by atoms with Gasteiger partial charge in [-0.3, -0.25) is 14.5 Å². The predicted octanol–water partition coefficient (Wildman–Crippen LogP) is 5.81. The number of methoxy groups -OCH3 is 1. The van der Waals surface area contributed by atoms with Crippen molar-refractivity contribution in [2.75, 3.05) is 33.4 Å². The van der Waals surface area contributed by atoms with E-state index in [1.807, 2.05) is 42.5 Å². The first kappa shape index (κ1) is 35.7. The molecule has 48 heavy (non-hydrogen) atoms. The average molecular weight is 658 g/mol. The number of likely N-dealkylation sites (tertiary alicyclic amines) is 1. The van der Waals surface area contributed by atoms with E-state index < -0.39 is 6.29 Å². The smallest absolute Gasteiger partial charge is 0.220 e. The number of ether oxygens (including phenoxy) is 3. The fourth-order valence-electron chi connectivity index (χ4n) is 6.68. The number of benzene rings is 3. The highest BCUT2D eigenvalue weighted by atomic mass is 16.7. The van der Waals surface area contributed by atoms with E-state index in [9.17, 15) is 14.7 Å². The van der Waals surface area contributed by atoms with Crippen LogP contribution in [0.5, 0.6) is 0 Å². The van der Waals surface area contributed by atoms with Crippen molar-refractivity contribution in [2.24, 2.45) is 0 Å². The number of amides is 2. The van der Waals surface area contributed by atoms with Gasteiger partial charge >= 0.3 is 0 Å². The Balaban J connectivity index is 1.24. The summed E-state index contributed by atoms with van der Waals surface area (Å²) in [6.45, 7) is 5.23. The quantitative estimate of drug-likeness (QED) is 0.167. The lowest BCUT2D eigenvalue weighted by Crippen LogP contribution is -2.42. The number of aliphatic hydroxyl groups excluding tert-OH is 1. The molecule has 0 bridgehead atoms. The van der Waals surface area contributed by atoms with E-state index in [4.69, 9.17) is 14.2 Å². The number of nitrogens with zero attached hydrogens (tertiary/aromatic N) is 1. The maximum Gasteiger partial charge on any atom is 0.220 e. The molecule has 0 aromatic heterocycles. The summed E-state index contributed by atoms with van der Waals surface area (Å²) in [5, 5.41) is 15.4. The lowest BCUT2D eigenvalue weighted by Gasteiger charge is -2.39. The number of unbranched alkanes of at least 4 members (excludes halogenated alkanes) is 2. The normalized spacial score (nSPS) is 21.2. The lowest BCUT2D eigenvalue weighted by molar-refractivity contribution is -0.253. The Hall–Kier alpha value is -3.60. The van der Waals surface area contributed by atoms with Crippen LogP contribution in [0.2, 0.25) is 0 Å². The first-order chi connectivity index (χ1) is 23.4. The maximum atomic E-state index is 12.4. The standard InChI is InChI=1S/C39H51N3O6/c1-28(44)40-19-5-3-4-14-38(45)41-24-30-9-6-10-32(21-30)33-11-7-12-34(22-33)39-47-36(25-42-20-8-13-35(42)27-46-2)23-37(48-39)31-17-15-29(26-43)16-18-31/h6-7,9-12,15-18,21-22,35-37,39,43H,3-5,8,13-14,19-20,23-27H2,1-2H3,(H,40,44)(H,41,45)/t35-,36-,37+,39+/m0/s1. The molecule has 2 heterocycles. The van der Waals surface area contributed by atoms with Gasteiger partial charge in [0.15, 0.2) is 6.29 Å². The Morgan fingerprint density at radius 2 is 1.71 bits per heavy atom. The van der Waals surface area contributed by atoms with Gasteiger partial charge in [0.2, 0.25) is 11.8 Å². The molecule has 258 valence electrons. The molecule has 3 N–H and O–H groups in total. The van der Waals surface area contributed by atoms with Crippen LogP contribution in [0.25, 0.3) is 11.1 Å². The molecule has 5 rings (SSSR count). The van der Waals surface area contributed by atoms with Gasteiger partial charge in [-0.2, -0.15) is 0 Å². The summed E-state index contributed by atoms with van der Waals surface area (Å²) < 4.78 is 18.9. The Morgan fingerprint density at radius 3 is 2.48 bits per heavy atom. The van der Waals surface area contributed by atoms with Crippen molar-refractivity contribution in [3.63, 3.8) is 0 Å². The molecule has 3 aromatic carbocycles. The third kappa shape index (κ3) is 10.4. The summed E-state index contributed by atoms with van der Waals surface area (Å²) in [5.41, 5.74) is 6.06. The van der Waals surface area contributed by atoms with E-state index in [2.05, 4.69) is 45.9 Å². The van der Waals surface area contributed by atoms with Gasteiger partial charge in [0.25, 0.3) is 0 Å². The van der Waals surface area contributed by atoms with Crippen molar-refractivity contribution in [3.05, 3.63) is 95.1 Å². The Bertz CT molecular complexity index is 1460. The van der Waals surface area contributed by atoms with Gasteiger partial charge in [0.05, 0.1) is 25.4 Å². The molecule has 9 nitrogen and oxygen atoms in total. The Kier molecular flexibility index (Phi) is 13.6. The number of aliphatic hydroxyl groups is 1. The molecule has 9 heteroatoms. The number of hydrogen-bond acceptors (Lipinski definition) is 7. The van der Waals surface area contributed by atoms with Crippen LogP contribution in [0.1, 0.15) is 86.5 Å². The maximum absolute atomic E-state index is 12.4. The van der Waals surface area contributed by atoms with Gasteiger partial charge in [-0.05, 0) is 72.2 Å². The molecule has 2 amide bonds. The fourth-order valence-corrected chi connectivity index (χ4v) is 6.68. The van der Waals surface area contributed by atoms with E-state index in [0.717, 1.165) is 85.2 Å². The van der Waals surface area contributed by atoms with Crippen molar-refractivity contribution < 1.29 is 28.9 Å². The summed E-state index contributed by atoms with van der Waals surface area (Å²) in [4.78, 5) is 25.9. The first-order valence-corrected chi connectivity index (χ1v) is 17.4. The molecule has 0 saturated carbocycles. The molecule has 0 unspecified atom stereocenters. The summed E-state index contributed by atoms with van der Waals surface area (Å²) in [6.07, 6.45) is 5.40. The zero-order valence-electron chi connectivity index (χ0n) is 28.4. The van der Waals surface area contributed by atoms with Gasteiger partial charge in [-0.15, -0.1) is 0 Å². The third-order valence-electron chi connectivity index (χ3n) is 9.27. The van der Waals surface area contributed by atoms with Crippen LogP contribution in [0, 0.1) is 0 Å². The molecule has 2 aliphatic rings. The summed E-state index contributed by atoms with van der Waals surface area (Å²) in [7, 11) is 1.77. The lowest BCUT2D eigenvalue weighted by atomic mass is 9.98. The van der Waals surface area contributed by atoms with Gasteiger partial charge in [0.1, 0.15) is 0 Å². The highest BCUT2D eigenvalue weighted by molar-refractivity contribution is 5.76. The molecular formula is C39H51N3O6. The van der Waals surface area contributed by atoms with Gasteiger partial charge in [-0.1, -0.05) is 67.1 Å². The molecular weight excluding hydrogens is 606 g/mol. The van der Waals surface area contributed by atoms with Gasteiger partial charge in [-0.25, -0.2) is 0 Å². The van der Waals surface area contributed by atoms with Crippen molar-refractivity contribution in [1.82, 2.24) is 15.5 Å². The number of nitrogens with one attached hydrogen (secondary N) is 2. The molecule has 0 aliphatic carbocycles. The predicted molar refractivity (Wildman–Crippen MR) is 186 cm³/mol. The van der Waals surface area contributed by atoms with Gasteiger partial charge in [0, 0.05) is 58.1 Å². The molecule has 0 spiro atoms. The van der Waals surface area contributed by atoms with Crippen LogP contribution in [0.4, 0.5) is 0 Å². The molecule has 2 fully saturated rings. The molecule has 3 aromatic rings. The number of rotatable bonds is 16. The highest BCUT2D eigenvalue weighted by Crippen LogP contribution is 2.39. The van der Waals surface area contributed by atoms with Crippen LogP contribution in [-0.4, -0.2) is 67.3 Å². The van der Waals surface area contributed by atoms with E-state index in [1.54, 1.807) is 7.11 Å². The second kappa shape index (κ2) is 18.2. The number of carbonyl (C=O) groups is 2. The Morgan fingerprint density at radius 1 is 0.917 bits per heavy atom. The monoisotopic (exact) mass is 657 g/mol. The van der Waals surface area contributed by atoms with Crippen LogP contribution < -0.4 is 10.6 Å². The highest BCUT2D eigenvalue weighted by Gasteiger charge is 2.35. The molecule has 2 aliphatic heterocycles. The summed E-state index contributed by atoms with van der Waals surface area (Å²) in [6, 6.07) is 25.0. The van der Waals surface area contributed by atoms with E-state index in [-0.39, 0.29) is 30.6 Å². The second-order valence-electron chi connectivity index (χ2n) is 13.0. The van der Waals surface area contributed by atoms with Gasteiger partial charge < -0.3 is 30.0 Å². The minimum atomic E-state index is -0.532. The minimum Gasteiger partial charge on any atom is -0.392 e. The zero-order chi connectivity index (χ0) is 33.7.